The van der Waals surface area contributed by atoms with E-state index in [4.69, 9.17) is 0 Å². The molecule has 4 heteroatoms. The lowest BCUT2D eigenvalue weighted by Crippen LogP contribution is -2.25. The van der Waals surface area contributed by atoms with Crippen molar-refractivity contribution >= 4 is 22.9 Å². The molecule has 0 saturated carbocycles. The first-order valence-corrected chi connectivity index (χ1v) is 8.25. The van der Waals surface area contributed by atoms with Crippen molar-refractivity contribution < 1.29 is 0 Å². The maximum atomic E-state index is 9.30. The molecule has 0 amide bonds. The minimum Gasteiger partial charge on any atom is -0.319 e. The summed E-state index contributed by atoms with van der Waals surface area (Å²) >= 11 is 0. The van der Waals surface area contributed by atoms with Crippen LogP contribution in [0.2, 0.25) is 0 Å². The van der Waals surface area contributed by atoms with Crippen LogP contribution in [0.5, 0.6) is 0 Å². The minimum atomic E-state index is 0.574. The zero-order valence-corrected chi connectivity index (χ0v) is 14.3. The minimum absolute atomic E-state index is 0.574. The third-order valence-electron chi connectivity index (χ3n) is 4.58. The fourth-order valence-electron chi connectivity index (χ4n) is 3.43. The van der Waals surface area contributed by atoms with Crippen LogP contribution in [0.4, 0.5) is 22.9 Å². The van der Waals surface area contributed by atoms with E-state index in [0.717, 1.165) is 17.2 Å². The first kappa shape index (κ1) is 15.2. The number of hydrogen-bond acceptors (Lipinski definition) is 4. The van der Waals surface area contributed by atoms with Crippen molar-refractivity contribution in [3.63, 3.8) is 0 Å². The molecule has 4 rings (SSSR count). The number of para-hydroxylation sites is 2. The second kappa shape index (κ2) is 5.95. The van der Waals surface area contributed by atoms with Gasteiger partial charge in [-0.25, -0.2) is 4.98 Å². The van der Waals surface area contributed by atoms with Gasteiger partial charge < -0.3 is 9.80 Å². The molecule has 0 saturated heterocycles. The molecule has 2 heterocycles. The third-order valence-corrected chi connectivity index (χ3v) is 4.58. The average Bonchev–Trinajstić information content (AvgIpc) is 3.01. The molecule has 2 aromatic carbocycles. The van der Waals surface area contributed by atoms with E-state index in [1.54, 1.807) is 6.20 Å². The van der Waals surface area contributed by atoms with E-state index in [0.29, 0.717) is 12.2 Å². The van der Waals surface area contributed by atoms with Crippen LogP contribution < -0.4 is 9.80 Å². The molecule has 1 aromatic heterocycles. The molecule has 0 spiro atoms. The predicted molar refractivity (Wildman–Crippen MR) is 100 cm³/mol. The summed E-state index contributed by atoms with van der Waals surface area (Å²) in [6.07, 6.45) is 1.64. The number of aromatic nitrogens is 1. The number of pyridine rings is 1. The molecule has 122 valence electrons. The van der Waals surface area contributed by atoms with Gasteiger partial charge in [-0.15, -0.1) is 0 Å². The Labute approximate surface area is 147 Å². The van der Waals surface area contributed by atoms with Gasteiger partial charge in [0.15, 0.2) is 5.82 Å². The number of nitrogens with zero attached hydrogens (tertiary/aromatic N) is 4. The number of nitriles is 1. The Kier molecular flexibility index (Phi) is 3.62. The van der Waals surface area contributed by atoms with Crippen LogP contribution in [0.25, 0.3) is 0 Å². The van der Waals surface area contributed by atoms with Gasteiger partial charge >= 0.3 is 0 Å². The average molecular weight is 326 g/mol. The second-order valence-corrected chi connectivity index (χ2v) is 6.25. The van der Waals surface area contributed by atoms with E-state index in [1.165, 1.54) is 16.8 Å². The van der Waals surface area contributed by atoms with Crippen molar-refractivity contribution in [3.05, 3.63) is 77.5 Å². The van der Waals surface area contributed by atoms with Gasteiger partial charge in [0.05, 0.1) is 11.3 Å². The van der Waals surface area contributed by atoms with Crippen molar-refractivity contribution in [2.45, 2.75) is 13.8 Å². The Morgan fingerprint density at radius 1 is 0.960 bits per heavy atom. The van der Waals surface area contributed by atoms with Crippen molar-refractivity contribution in [1.29, 1.82) is 5.26 Å². The van der Waals surface area contributed by atoms with E-state index < -0.39 is 0 Å². The second-order valence-electron chi connectivity index (χ2n) is 6.25. The van der Waals surface area contributed by atoms with E-state index in [1.807, 2.05) is 24.3 Å². The molecule has 0 fully saturated rings. The van der Waals surface area contributed by atoms with Crippen LogP contribution in [0.3, 0.4) is 0 Å². The zero-order valence-electron chi connectivity index (χ0n) is 14.3. The van der Waals surface area contributed by atoms with Gasteiger partial charge in [0, 0.05) is 17.6 Å². The first-order chi connectivity index (χ1) is 12.2. The highest BCUT2D eigenvalue weighted by molar-refractivity contribution is 5.86. The molecule has 0 aliphatic carbocycles. The van der Waals surface area contributed by atoms with Crippen molar-refractivity contribution in [2.75, 3.05) is 16.5 Å². The summed E-state index contributed by atoms with van der Waals surface area (Å²) in [5.74, 6) is 0.882. The molecule has 3 aromatic rings. The molecule has 25 heavy (non-hydrogen) atoms. The summed E-state index contributed by atoms with van der Waals surface area (Å²) < 4.78 is 0. The summed E-state index contributed by atoms with van der Waals surface area (Å²) in [4.78, 5) is 9.02. The Bertz CT molecular complexity index is 953. The number of benzene rings is 2. The fourth-order valence-corrected chi connectivity index (χ4v) is 3.43. The molecule has 0 radical (unpaired) electrons. The highest BCUT2D eigenvalue weighted by Crippen LogP contribution is 2.44. The summed E-state index contributed by atoms with van der Waals surface area (Å²) in [6, 6.07) is 20.7. The lowest BCUT2D eigenvalue weighted by molar-refractivity contribution is 0.972. The Morgan fingerprint density at radius 2 is 1.68 bits per heavy atom. The van der Waals surface area contributed by atoms with Gasteiger partial charge in [-0.05, 0) is 43.2 Å². The molecule has 0 bridgehead atoms. The van der Waals surface area contributed by atoms with E-state index in [2.05, 4.69) is 65.0 Å². The Balaban J connectivity index is 1.90. The van der Waals surface area contributed by atoms with E-state index in [-0.39, 0.29) is 0 Å². The molecule has 0 N–H and O–H groups in total. The first-order valence-electron chi connectivity index (χ1n) is 8.25. The molecule has 1 aliphatic rings. The van der Waals surface area contributed by atoms with Crippen LogP contribution in [-0.2, 0) is 0 Å². The predicted octanol–water partition coefficient (Wildman–Crippen LogP) is 4.82. The van der Waals surface area contributed by atoms with Gasteiger partial charge in [0.25, 0.3) is 0 Å². The lowest BCUT2D eigenvalue weighted by atomic mass is 10.1. The zero-order chi connectivity index (χ0) is 17.4. The topological polar surface area (TPSA) is 43.2 Å². The SMILES string of the molecule is Cc1cccc(C)c1N1CN(c2ccccc2)c2ncc(C#N)cc21. The maximum Gasteiger partial charge on any atom is 0.158 e. The van der Waals surface area contributed by atoms with Gasteiger partial charge in [-0.3, -0.25) is 0 Å². The summed E-state index contributed by atoms with van der Waals surface area (Å²) in [6.45, 7) is 4.91. The Hall–Kier alpha value is -3.32. The van der Waals surface area contributed by atoms with Gasteiger partial charge in [0.2, 0.25) is 0 Å². The number of hydrogen-bond donors (Lipinski definition) is 0. The highest BCUT2D eigenvalue weighted by atomic mass is 15.4. The smallest absolute Gasteiger partial charge is 0.158 e. The highest BCUT2D eigenvalue weighted by Gasteiger charge is 2.31. The molecule has 0 unspecified atom stereocenters. The van der Waals surface area contributed by atoms with Gasteiger partial charge in [0.1, 0.15) is 12.7 Å². The largest absolute Gasteiger partial charge is 0.319 e. The van der Waals surface area contributed by atoms with Crippen LogP contribution in [0, 0.1) is 25.2 Å². The van der Waals surface area contributed by atoms with Crippen molar-refractivity contribution in [3.8, 4) is 6.07 Å². The van der Waals surface area contributed by atoms with Crippen molar-refractivity contribution in [2.24, 2.45) is 0 Å². The third kappa shape index (κ3) is 2.50. The quantitative estimate of drug-likeness (QED) is 0.677. The molecular weight excluding hydrogens is 308 g/mol. The van der Waals surface area contributed by atoms with Crippen LogP contribution in [-0.4, -0.2) is 11.7 Å². The monoisotopic (exact) mass is 326 g/mol. The molecule has 4 nitrogen and oxygen atoms in total. The van der Waals surface area contributed by atoms with E-state index >= 15 is 0 Å². The number of fused-ring (bicyclic) bond motifs is 1. The number of anilines is 4. The molecule has 0 atom stereocenters. The summed E-state index contributed by atoms with van der Waals surface area (Å²) in [5.41, 5.74) is 6.24. The Morgan fingerprint density at radius 3 is 2.36 bits per heavy atom. The molecular formula is C21H18N4. The van der Waals surface area contributed by atoms with Gasteiger partial charge in [-0.1, -0.05) is 36.4 Å². The van der Waals surface area contributed by atoms with Crippen molar-refractivity contribution in [1.82, 2.24) is 4.98 Å². The van der Waals surface area contributed by atoms with E-state index in [9.17, 15) is 5.26 Å². The van der Waals surface area contributed by atoms with Crippen LogP contribution >= 0.6 is 0 Å². The number of aryl methyl sites for hydroxylation is 2. The standard InChI is InChI=1S/C21H18N4/c1-15-7-6-8-16(2)20(15)25-14-24(18-9-4-3-5-10-18)21-19(25)11-17(12-22)13-23-21/h3-11,13H,14H2,1-2H3. The fraction of sp³-hybridized carbons (Fsp3) is 0.143. The lowest BCUT2D eigenvalue weighted by Gasteiger charge is -2.24. The molecule has 1 aliphatic heterocycles. The number of rotatable bonds is 2. The normalized spacial score (nSPS) is 12.8. The summed E-state index contributed by atoms with van der Waals surface area (Å²) in [7, 11) is 0. The van der Waals surface area contributed by atoms with Crippen LogP contribution in [0.1, 0.15) is 16.7 Å². The summed E-state index contributed by atoms with van der Waals surface area (Å²) in [5, 5.41) is 9.30. The van der Waals surface area contributed by atoms with Gasteiger partial charge in [-0.2, -0.15) is 5.26 Å². The maximum absolute atomic E-state index is 9.30. The van der Waals surface area contributed by atoms with Crippen LogP contribution in [0.15, 0.2) is 60.8 Å².